The molecule has 3 N–H and O–H groups in total. The quantitative estimate of drug-likeness (QED) is 0.577. The van der Waals surface area contributed by atoms with E-state index in [1.165, 1.54) is 9.80 Å². The van der Waals surface area contributed by atoms with Gasteiger partial charge >= 0.3 is 0 Å². The highest BCUT2D eigenvalue weighted by Gasteiger charge is 2.25. The summed E-state index contributed by atoms with van der Waals surface area (Å²) in [6, 6.07) is 9.54. The highest BCUT2D eigenvalue weighted by molar-refractivity contribution is 9.10. The lowest BCUT2D eigenvalue weighted by Crippen LogP contribution is -3.27. The van der Waals surface area contributed by atoms with Gasteiger partial charge in [0, 0.05) is 16.1 Å². The number of halogens is 1. The zero-order valence-electron chi connectivity index (χ0n) is 16.7. The molecule has 0 saturated carbocycles. The van der Waals surface area contributed by atoms with E-state index in [1.54, 1.807) is 27.4 Å². The standard InChI is InChI=1S/C21H27BrN2O4/c1-26-19-12-21(28-3)20(27-2)11-16(19)14-24-8-6-23(7-9-24)13-15-10-17(22)4-5-18(15)25/h4-5,10-12,25H,6-9,13-14H2,1-3H3/p+2. The van der Waals surface area contributed by atoms with Crippen molar-refractivity contribution in [1.82, 2.24) is 0 Å². The summed E-state index contributed by atoms with van der Waals surface area (Å²) in [5, 5.41) is 10.1. The summed E-state index contributed by atoms with van der Waals surface area (Å²) in [5.41, 5.74) is 2.12. The van der Waals surface area contributed by atoms with E-state index in [4.69, 9.17) is 14.2 Å². The molecule has 1 aliphatic rings. The Labute approximate surface area is 174 Å². The Morgan fingerprint density at radius 1 is 0.786 bits per heavy atom. The molecule has 1 heterocycles. The first-order chi connectivity index (χ1) is 13.5. The third-order valence-electron chi connectivity index (χ3n) is 5.37. The maximum atomic E-state index is 10.1. The van der Waals surface area contributed by atoms with E-state index in [-0.39, 0.29) is 0 Å². The minimum atomic E-state index is 0.376. The van der Waals surface area contributed by atoms with Crippen molar-refractivity contribution in [3.05, 3.63) is 45.9 Å². The molecule has 0 spiro atoms. The first-order valence-electron chi connectivity index (χ1n) is 9.47. The monoisotopic (exact) mass is 452 g/mol. The van der Waals surface area contributed by atoms with Crippen LogP contribution in [0, 0.1) is 0 Å². The van der Waals surface area contributed by atoms with Crippen LogP contribution in [0.4, 0.5) is 0 Å². The van der Waals surface area contributed by atoms with Gasteiger partial charge in [0.25, 0.3) is 0 Å². The fraction of sp³-hybridized carbons (Fsp3) is 0.429. The number of hydrogen-bond acceptors (Lipinski definition) is 4. The number of quaternary nitrogens is 2. The largest absolute Gasteiger partial charge is 0.507 e. The topological polar surface area (TPSA) is 56.8 Å². The van der Waals surface area contributed by atoms with Crippen LogP contribution in [0.1, 0.15) is 11.1 Å². The van der Waals surface area contributed by atoms with E-state index in [9.17, 15) is 5.11 Å². The van der Waals surface area contributed by atoms with E-state index < -0.39 is 0 Å². The number of methoxy groups -OCH3 is 3. The van der Waals surface area contributed by atoms with Crippen LogP contribution < -0.4 is 24.0 Å². The molecule has 0 amide bonds. The van der Waals surface area contributed by atoms with Gasteiger partial charge in [0.05, 0.1) is 26.9 Å². The number of nitrogens with one attached hydrogen (secondary N) is 2. The van der Waals surface area contributed by atoms with Crippen LogP contribution in [-0.4, -0.2) is 52.6 Å². The predicted molar refractivity (Wildman–Crippen MR) is 111 cm³/mol. The Morgan fingerprint density at radius 3 is 1.89 bits per heavy atom. The van der Waals surface area contributed by atoms with Gasteiger partial charge in [0.15, 0.2) is 11.5 Å². The molecule has 152 valence electrons. The second-order valence-corrected chi connectivity index (χ2v) is 8.06. The van der Waals surface area contributed by atoms with Gasteiger partial charge < -0.3 is 29.1 Å². The average Bonchev–Trinajstić information content (AvgIpc) is 2.71. The molecule has 0 aliphatic carbocycles. The van der Waals surface area contributed by atoms with E-state index in [0.717, 1.165) is 66.4 Å². The molecule has 1 fully saturated rings. The molecule has 1 saturated heterocycles. The maximum Gasteiger partial charge on any atom is 0.164 e. The van der Waals surface area contributed by atoms with Gasteiger partial charge in [-0.1, -0.05) is 15.9 Å². The molecule has 1 aliphatic heterocycles. The molecule has 7 heteroatoms. The van der Waals surface area contributed by atoms with Crippen LogP contribution in [0.2, 0.25) is 0 Å². The Balaban J connectivity index is 1.62. The zero-order valence-corrected chi connectivity index (χ0v) is 18.3. The Bertz CT molecular complexity index is 807. The van der Waals surface area contributed by atoms with Crippen LogP contribution in [0.3, 0.4) is 0 Å². The van der Waals surface area contributed by atoms with E-state index in [1.807, 2.05) is 24.3 Å². The van der Waals surface area contributed by atoms with Gasteiger partial charge in [-0.25, -0.2) is 0 Å². The normalized spacial score (nSPS) is 19.3. The molecule has 6 nitrogen and oxygen atoms in total. The average molecular weight is 453 g/mol. The van der Waals surface area contributed by atoms with Crippen molar-refractivity contribution in [2.24, 2.45) is 0 Å². The summed E-state index contributed by atoms with van der Waals surface area (Å²) in [6.45, 7) is 6.01. The van der Waals surface area contributed by atoms with Crippen LogP contribution in [0.5, 0.6) is 23.0 Å². The molecule has 2 aromatic carbocycles. The number of rotatable bonds is 7. The highest BCUT2D eigenvalue weighted by atomic mass is 79.9. The van der Waals surface area contributed by atoms with Gasteiger partial charge in [-0.2, -0.15) is 0 Å². The maximum absolute atomic E-state index is 10.1. The number of ether oxygens (including phenoxy) is 3. The van der Waals surface area contributed by atoms with Gasteiger partial charge in [-0.15, -0.1) is 0 Å². The lowest BCUT2D eigenvalue weighted by molar-refractivity contribution is -1.02. The van der Waals surface area contributed by atoms with Crippen molar-refractivity contribution in [3.63, 3.8) is 0 Å². The smallest absolute Gasteiger partial charge is 0.164 e. The summed E-state index contributed by atoms with van der Waals surface area (Å²) in [4.78, 5) is 3.02. The van der Waals surface area contributed by atoms with E-state index >= 15 is 0 Å². The number of hydrogen-bond donors (Lipinski definition) is 3. The molecular formula is C21H29BrN2O4+2. The zero-order chi connectivity index (χ0) is 20.1. The van der Waals surface area contributed by atoms with Crippen molar-refractivity contribution in [3.8, 4) is 23.0 Å². The predicted octanol–water partition coefficient (Wildman–Crippen LogP) is 0.664. The Morgan fingerprint density at radius 2 is 1.32 bits per heavy atom. The summed E-state index contributed by atoms with van der Waals surface area (Å²) < 4.78 is 17.4. The number of benzene rings is 2. The minimum absolute atomic E-state index is 0.376. The van der Waals surface area contributed by atoms with Crippen molar-refractivity contribution >= 4 is 15.9 Å². The molecule has 0 unspecified atom stereocenters. The first kappa shape index (κ1) is 20.8. The third-order valence-corrected chi connectivity index (χ3v) is 5.87. The van der Waals surface area contributed by atoms with Gasteiger partial charge in [-0.3, -0.25) is 0 Å². The molecule has 0 bridgehead atoms. The van der Waals surface area contributed by atoms with E-state index in [2.05, 4.69) is 15.9 Å². The molecule has 2 aromatic rings. The minimum Gasteiger partial charge on any atom is -0.507 e. The molecule has 0 radical (unpaired) electrons. The number of piperazine rings is 1. The second kappa shape index (κ2) is 9.49. The lowest BCUT2D eigenvalue weighted by Gasteiger charge is -2.30. The summed E-state index contributed by atoms with van der Waals surface area (Å²) in [6.07, 6.45) is 0. The highest BCUT2D eigenvalue weighted by Crippen LogP contribution is 2.34. The Kier molecular flexibility index (Phi) is 7.04. The SMILES string of the molecule is COc1cc(OC)c(OC)cc1C[NH+]1CC[NH+](Cc2cc(Br)ccc2O)CC1. The van der Waals surface area contributed by atoms with Gasteiger partial charge in [0.1, 0.15) is 50.8 Å². The van der Waals surface area contributed by atoms with Crippen molar-refractivity contribution in [2.45, 2.75) is 13.1 Å². The lowest BCUT2D eigenvalue weighted by atomic mass is 10.1. The van der Waals surface area contributed by atoms with Crippen molar-refractivity contribution < 1.29 is 29.1 Å². The second-order valence-electron chi connectivity index (χ2n) is 7.15. The summed E-state index contributed by atoms with van der Waals surface area (Å²) >= 11 is 3.49. The third kappa shape index (κ3) is 4.90. The van der Waals surface area contributed by atoms with Crippen molar-refractivity contribution in [1.29, 1.82) is 0 Å². The molecule has 0 aromatic heterocycles. The first-order valence-corrected chi connectivity index (χ1v) is 10.3. The van der Waals surface area contributed by atoms with Crippen LogP contribution in [0.15, 0.2) is 34.8 Å². The van der Waals surface area contributed by atoms with E-state index in [0.29, 0.717) is 11.5 Å². The number of aromatic hydroxyl groups is 1. The number of phenols is 1. The Hall–Kier alpha value is -1.96. The fourth-order valence-corrected chi connectivity index (χ4v) is 4.18. The van der Waals surface area contributed by atoms with Crippen LogP contribution in [0.25, 0.3) is 0 Å². The van der Waals surface area contributed by atoms with Crippen LogP contribution >= 0.6 is 15.9 Å². The molecule has 3 rings (SSSR count). The van der Waals surface area contributed by atoms with Crippen molar-refractivity contribution in [2.75, 3.05) is 47.5 Å². The summed E-state index contributed by atoms with van der Waals surface area (Å²) in [7, 11) is 4.97. The summed E-state index contributed by atoms with van der Waals surface area (Å²) in [5.74, 6) is 2.62. The van der Waals surface area contributed by atoms with Gasteiger partial charge in [-0.05, 0) is 24.3 Å². The molecular weight excluding hydrogens is 424 g/mol. The van der Waals surface area contributed by atoms with Gasteiger partial charge in [0.2, 0.25) is 0 Å². The molecule has 28 heavy (non-hydrogen) atoms. The fourth-order valence-electron chi connectivity index (χ4n) is 3.78. The number of phenolic OH excluding ortho intramolecular Hbond substituents is 1. The molecule has 0 atom stereocenters. The van der Waals surface area contributed by atoms with Crippen LogP contribution in [-0.2, 0) is 13.1 Å².